The summed E-state index contributed by atoms with van der Waals surface area (Å²) in [7, 11) is 2.33. The zero-order chi connectivity index (χ0) is 13.9. The van der Waals surface area contributed by atoms with Crippen LogP contribution in [0.5, 0.6) is 0 Å². The summed E-state index contributed by atoms with van der Waals surface area (Å²) >= 11 is 0. The van der Waals surface area contributed by atoms with E-state index < -0.39 is 5.41 Å². The van der Waals surface area contributed by atoms with E-state index >= 15 is 0 Å². The second kappa shape index (κ2) is 66.2. The van der Waals surface area contributed by atoms with E-state index in [0.29, 0.717) is 0 Å². The maximum absolute atomic E-state index is 3.46. The first kappa shape index (κ1) is 56.5. The molecule has 0 N–H and O–H groups in total. The Kier molecular flexibility index (Phi) is 197. The van der Waals surface area contributed by atoms with Crippen molar-refractivity contribution >= 4 is 29.0 Å². The van der Waals surface area contributed by atoms with Crippen LogP contribution in [0.2, 0.25) is 0 Å². The Hall–Kier alpha value is 4.76. The van der Waals surface area contributed by atoms with Crippen LogP contribution in [-0.2, 0) is 131 Å². The topological polar surface area (TPSA) is 0 Å². The summed E-state index contributed by atoms with van der Waals surface area (Å²) in [6.45, 7) is 25.7. The van der Waals surface area contributed by atoms with Crippen molar-refractivity contribution in [3.05, 3.63) is 27.7 Å². The van der Waals surface area contributed by atoms with E-state index in [1.54, 1.807) is 0 Å². The van der Waals surface area contributed by atoms with Crippen LogP contribution in [0.25, 0.3) is 0 Å². The largest absolute Gasteiger partial charge is 0.584 e. The van der Waals surface area contributed by atoms with Crippen molar-refractivity contribution in [2.45, 2.75) is 27.7 Å². The van der Waals surface area contributed by atoms with Gasteiger partial charge in [0.25, 0.3) is 0 Å². The molecular formula is C13H30P2Y4-4. The minimum Gasteiger partial charge on any atom is -0.584 e. The maximum atomic E-state index is 3.46. The first-order valence-electron chi connectivity index (χ1n) is 4.94. The third-order valence-electron chi connectivity index (χ3n) is 0. The van der Waals surface area contributed by atoms with E-state index in [9.17, 15) is 0 Å². The van der Waals surface area contributed by atoms with E-state index in [-0.39, 0.29) is 131 Å². The van der Waals surface area contributed by atoms with Gasteiger partial charge in [0.1, 0.15) is 0 Å². The maximum Gasteiger partial charge on any atom is 0 e. The molecule has 0 aliphatic heterocycles. The van der Waals surface area contributed by atoms with E-state index in [4.69, 9.17) is 0 Å². The fraction of sp³-hybridized carbons (Fsp3) is 0.538. The minimum absolute atomic E-state index is 0. The SMILES string of the molecule is C=PC.C=PC.CC.CC.[CH2-]C([CH2-])([CH2-])[CH2-].[Y].[Y].[Y].[Y]. The summed E-state index contributed by atoms with van der Waals surface area (Å²) in [6.07, 6.45) is 6.92. The quantitative estimate of drug-likeness (QED) is 0.259. The molecule has 0 heterocycles. The Morgan fingerprint density at radius 1 is 0.632 bits per heavy atom. The Morgan fingerprint density at radius 3 is 0.632 bits per heavy atom. The minimum atomic E-state index is -0.500. The molecule has 0 nitrogen and oxygen atoms in total. The smallest absolute Gasteiger partial charge is 0 e. The van der Waals surface area contributed by atoms with Gasteiger partial charge in [-0.2, -0.15) is 0 Å². The molecule has 0 unspecified atom stereocenters. The molecule has 0 aromatic carbocycles. The molecule has 0 amide bonds. The Balaban J connectivity index is -0.00000000933. The van der Waals surface area contributed by atoms with Gasteiger partial charge in [-0.1, -0.05) is 40.3 Å². The monoisotopic (exact) mass is 604 g/mol. The predicted octanol–water partition coefficient (Wildman–Crippen LogP) is 5.34. The fourth-order valence-corrected chi connectivity index (χ4v) is 0. The summed E-state index contributed by atoms with van der Waals surface area (Å²) in [5.41, 5.74) is -0.500. The molecule has 19 heavy (non-hydrogen) atoms. The molecule has 0 rings (SSSR count). The molecule has 0 aromatic rings. The van der Waals surface area contributed by atoms with Gasteiger partial charge in [0, 0.05) is 131 Å². The molecule has 0 saturated carbocycles. The van der Waals surface area contributed by atoms with Gasteiger partial charge in [-0.25, -0.2) is 0 Å². The molecule has 0 atom stereocenters. The van der Waals surface area contributed by atoms with Crippen LogP contribution in [0.4, 0.5) is 0 Å². The van der Waals surface area contributed by atoms with Gasteiger partial charge >= 0.3 is 0 Å². The van der Waals surface area contributed by atoms with Crippen LogP contribution in [0.1, 0.15) is 27.7 Å². The van der Waals surface area contributed by atoms with Crippen LogP contribution >= 0.6 is 16.4 Å². The van der Waals surface area contributed by atoms with Crippen LogP contribution in [-0.4, -0.2) is 25.9 Å². The first-order chi connectivity index (χ1) is 6.83. The molecule has 108 valence electrons. The molecule has 0 aliphatic rings. The molecule has 6 heteroatoms. The van der Waals surface area contributed by atoms with Crippen molar-refractivity contribution in [1.29, 1.82) is 0 Å². The van der Waals surface area contributed by atoms with E-state index in [1.165, 1.54) is 16.4 Å². The van der Waals surface area contributed by atoms with Gasteiger partial charge in [-0.05, 0) is 13.3 Å². The number of hydrogen-bond donors (Lipinski definition) is 0. The van der Waals surface area contributed by atoms with Crippen molar-refractivity contribution in [3.63, 3.8) is 0 Å². The van der Waals surface area contributed by atoms with Crippen LogP contribution in [0.15, 0.2) is 0 Å². The van der Waals surface area contributed by atoms with Gasteiger partial charge < -0.3 is 33.1 Å². The van der Waals surface area contributed by atoms with Crippen molar-refractivity contribution in [2.24, 2.45) is 5.41 Å². The first-order valence-corrected chi connectivity index (χ1v) is 7.99. The predicted molar refractivity (Wildman–Crippen MR) is 86.5 cm³/mol. The summed E-state index contributed by atoms with van der Waals surface area (Å²) in [6, 6.07) is 0. The van der Waals surface area contributed by atoms with E-state index in [0.717, 1.165) is 0 Å². The van der Waals surface area contributed by atoms with Gasteiger partial charge in [0.05, 0.1) is 0 Å². The van der Waals surface area contributed by atoms with Crippen molar-refractivity contribution < 1.29 is 131 Å². The van der Waals surface area contributed by atoms with Gasteiger partial charge in [0.2, 0.25) is 0 Å². The average Bonchev–Trinajstić information content (AvgIpc) is 2.10. The molecular weight excluding hydrogens is 574 g/mol. The van der Waals surface area contributed by atoms with E-state index in [1.807, 2.05) is 41.0 Å². The Labute approximate surface area is 229 Å². The Morgan fingerprint density at radius 2 is 0.632 bits per heavy atom. The zero-order valence-corrected chi connectivity index (χ0v) is 27.1. The molecule has 0 bridgehead atoms. The van der Waals surface area contributed by atoms with Gasteiger partial charge in [0.15, 0.2) is 0 Å². The van der Waals surface area contributed by atoms with Crippen molar-refractivity contribution in [1.82, 2.24) is 0 Å². The van der Waals surface area contributed by atoms with Gasteiger partial charge in [-0.15, -0.1) is 16.4 Å². The normalized spacial score (nSPS) is 6.00. The standard InChI is InChI=1S/C5H8.2C2H5P.2C2H6.4Y/c1-5(2,3)4;2*1-3-2;2*1-2;;;;/h1-4H2;2*1H2,2H3;2*1-2H3;;;;/q-4;;;;;;;;. The fourth-order valence-electron chi connectivity index (χ4n) is 0. The summed E-state index contributed by atoms with van der Waals surface area (Å²) < 4.78 is 0. The molecule has 0 aromatic heterocycles. The molecule has 4 radical (unpaired) electrons. The molecule has 0 spiro atoms. The molecule has 0 saturated heterocycles. The third kappa shape index (κ3) is 433. The van der Waals surface area contributed by atoms with Crippen LogP contribution in [0.3, 0.4) is 0 Å². The number of hydrogen-bond acceptors (Lipinski definition) is 0. The second-order valence-electron chi connectivity index (χ2n) is 2.13. The van der Waals surface area contributed by atoms with Crippen molar-refractivity contribution in [3.8, 4) is 0 Å². The molecule has 0 aliphatic carbocycles. The summed E-state index contributed by atoms with van der Waals surface area (Å²) in [5, 5.41) is 0. The van der Waals surface area contributed by atoms with Gasteiger partial charge in [-0.3, -0.25) is 0 Å². The van der Waals surface area contributed by atoms with Crippen LogP contribution in [0, 0.1) is 33.1 Å². The average molecular weight is 604 g/mol. The van der Waals surface area contributed by atoms with Crippen LogP contribution < -0.4 is 0 Å². The zero-order valence-electron chi connectivity index (χ0n) is 13.9. The number of rotatable bonds is 0. The third-order valence-corrected chi connectivity index (χ3v) is 0. The molecule has 0 fully saturated rings. The summed E-state index contributed by atoms with van der Waals surface area (Å²) in [4.78, 5) is 0. The summed E-state index contributed by atoms with van der Waals surface area (Å²) in [5.74, 6) is 0. The van der Waals surface area contributed by atoms with E-state index in [2.05, 4.69) is 40.3 Å². The van der Waals surface area contributed by atoms with Crippen molar-refractivity contribution in [2.75, 3.05) is 13.3 Å². The Bertz CT molecular complexity index is 83.1. The second-order valence-corrected chi connectivity index (χ2v) is 3.40.